The van der Waals surface area contributed by atoms with Crippen LogP contribution in [0.3, 0.4) is 0 Å². The molecule has 1 amide bonds. The highest BCUT2D eigenvalue weighted by Gasteiger charge is 2.38. The first-order chi connectivity index (χ1) is 9.97. The second kappa shape index (κ2) is 6.35. The molecule has 6 heteroatoms. The first kappa shape index (κ1) is 15.6. The minimum absolute atomic E-state index is 0.0692. The molecular formula is C15H18ClNO4. The minimum Gasteiger partial charge on any atom is -0.496 e. The van der Waals surface area contributed by atoms with Crippen LogP contribution in [0, 0.1) is 11.8 Å². The zero-order valence-corrected chi connectivity index (χ0v) is 13.0. The predicted octanol–water partition coefficient (Wildman–Crippen LogP) is 2.23. The maximum atomic E-state index is 12.6. The zero-order valence-electron chi connectivity index (χ0n) is 12.3. The summed E-state index contributed by atoms with van der Waals surface area (Å²) in [6.07, 6.45) is 0. The number of esters is 1. The van der Waals surface area contributed by atoms with Crippen molar-refractivity contribution in [3.63, 3.8) is 0 Å². The monoisotopic (exact) mass is 311 g/mol. The first-order valence-corrected chi connectivity index (χ1v) is 7.06. The number of methoxy groups -OCH3 is 2. The van der Waals surface area contributed by atoms with E-state index in [-0.39, 0.29) is 23.7 Å². The number of rotatable bonds is 3. The Morgan fingerprint density at radius 1 is 1.29 bits per heavy atom. The van der Waals surface area contributed by atoms with Crippen molar-refractivity contribution in [1.82, 2.24) is 4.90 Å². The molecule has 114 valence electrons. The predicted molar refractivity (Wildman–Crippen MR) is 78.6 cm³/mol. The number of ether oxygens (including phenoxy) is 2. The van der Waals surface area contributed by atoms with Crippen molar-refractivity contribution >= 4 is 23.5 Å². The lowest BCUT2D eigenvalue weighted by Gasteiger charge is -2.18. The molecule has 0 saturated carbocycles. The second-order valence-corrected chi connectivity index (χ2v) is 5.60. The smallest absolute Gasteiger partial charge is 0.310 e. The summed E-state index contributed by atoms with van der Waals surface area (Å²) in [4.78, 5) is 25.9. The Morgan fingerprint density at radius 3 is 2.62 bits per heavy atom. The number of nitrogens with zero attached hydrogens (tertiary/aromatic N) is 1. The Kier molecular flexibility index (Phi) is 4.73. The molecule has 2 rings (SSSR count). The van der Waals surface area contributed by atoms with Gasteiger partial charge in [-0.25, -0.2) is 0 Å². The number of halogens is 1. The Balaban J connectivity index is 2.20. The van der Waals surface area contributed by atoms with Crippen LogP contribution in [0.2, 0.25) is 5.02 Å². The maximum absolute atomic E-state index is 12.6. The van der Waals surface area contributed by atoms with Crippen LogP contribution in [-0.2, 0) is 9.53 Å². The van der Waals surface area contributed by atoms with Crippen LogP contribution in [0.25, 0.3) is 0 Å². The van der Waals surface area contributed by atoms with E-state index in [1.54, 1.807) is 23.1 Å². The van der Waals surface area contributed by atoms with Crippen molar-refractivity contribution in [3.8, 4) is 5.75 Å². The van der Waals surface area contributed by atoms with Crippen LogP contribution >= 0.6 is 11.6 Å². The Morgan fingerprint density at radius 2 is 2.00 bits per heavy atom. The van der Waals surface area contributed by atoms with E-state index in [1.807, 2.05) is 6.92 Å². The van der Waals surface area contributed by atoms with Crippen LogP contribution < -0.4 is 4.74 Å². The van der Waals surface area contributed by atoms with E-state index < -0.39 is 0 Å². The number of carbonyl (C=O) groups excluding carboxylic acids is 2. The Labute approximate surface area is 128 Å². The van der Waals surface area contributed by atoms with Gasteiger partial charge in [-0.15, -0.1) is 0 Å². The summed E-state index contributed by atoms with van der Waals surface area (Å²) in [5.41, 5.74) is 0.444. The lowest BCUT2D eigenvalue weighted by molar-refractivity contribution is -0.146. The molecule has 0 N–H and O–H groups in total. The van der Waals surface area contributed by atoms with Crippen LogP contribution in [0.5, 0.6) is 5.75 Å². The summed E-state index contributed by atoms with van der Waals surface area (Å²) in [7, 11) is 2.86. The molecule has 1 saturated heterocycles. The van der Waals surface area contributed by atoms with Crippen LogP contribution in [0.1, 0.15) is 17.3 Å². The fraction of sp³-hybridized carbons (Fsp3) is 0.467. The first-order valence-electron chi connectivity index (χ1n) is 6.68. The van der Waals surface area contributed by atoms with Crippen molar-refractivity contribution < 1.29 is 19.1 Å². The van der Waals surface area contributed by atoms with E-state index in [0.29, 0.717) is 29.4 Å². The van der Waals surface area contributed by atoms with Gasteiger partial charge in [0.1, 0.15) is 5.75 Å². The number of carbonyl (C=O) groups is 2. The number of hydrogen-bond donors (Lipinski definition) is 0. The van der Waals surface area contributed by atoms with Gasteiger partial charge in [0.15, 0.2) is 0 Å². The highest BCUT2D eigenvalue weighted by molar-refractivity contribution is 6.30. The number of hydrogen-bond acceptors (Lipinski definition) is 4. The molecule has 5 nitrogen and oxygen atoms in total. The third-order valence-corrected chi connectivity index (χ3v) is 4.03. The van der Waals surface area contributed by atoms with E-state index >= 15 is 0 Å². The summed E-state index contributed by atoms with van der Waals surface area (Å²) in [5, 5.41) is 0.505. The molecule has 2 unspecified atom stereocenters. The van der Waals surface area contributed by atoms with E-state index in [2.05, 4.69) is 0 Å². The Bertz CT molecular complexity index is 561. The molecular weight excluding hydrogens is 294 g/mol. The van der Waals surface area contributed by atoms with Crippen molar-refractivity contribution in [2.24, 2.45) is 11.8 Å². The van der Waals surface area contributed by atoms with Gasteiger partial charge < -0.3 is 14.4 Å². The molecule has 21 heavy (non-hydrogen) atoms. The van der Waals surface area contributed by atoms with Gasteiger partial charge >= 0.3 is 5.97 Å². The van der Waals surface area contributed by atoms with Gasteiger partial charge in [-0.1, -0.05) is 18.5 Å². The molecule has 0 spiro atoms. The van der Waals surface area contributed by atoms with E-state index in [9.17, 15) is 9.59 Å². The van der Waals surface area contributed by atoms with Gasteiger partial charge in [0, 0.05) is 18.1 Å². The molecule has 1 aliphatic heterocycles. The summed E-state index contributed by atoms with van der Waals surface area (Å²) in [6.45, 7) is 2.82. The van der Waals surface area contributed by atoms with E-state index in [4.69, 9.17) is 21.1 Å². The molecule has 1 aromatic carbocycles. The highest BCUT2D eigenvalue weighted by Crippen LogP contribution is 2.29. The topological polar surface area (TPSA) is 55.8 Å². The van der Waals surface area contributed by atoms with Crippen molar-refractivity contribution in [2.75, 3.05) is 27.3 Å². The van der Waals surface area contributed by atoms with Crippen LogP contribution in [0.4, 0.5) is 0 Å². The molecule has 0 radical (unpaired) electrons. The lowest BCUT2D eigenvalue weighted by Crippen LogP contribution is -2.30. The van der Waals surface area contributed by atoms with E-state index in [0.717, 1.165) is 0 Å². The molecule has 1 heterocycles. The van der Waals surface area contributed by atoms with Crippen molar-refractivity contribution in [2.45, 2.75) is 6.92 Å². The van der Waals surface area contributed by atoms with Crippen molar-refractivity contribution in [1.29, 1.82) is 0 Å². The summed E-state index contributed by atoms with van der Waals surface area (Å²) in [5.74, 6) is -0.221. The average Bonchev–Trinajstić information content (AvgIpc) is 2.87. The average molecular weight is 312 g/mol. The molecule has 1 aliphatic rings. The summed E-state index contributed by atoms with van der Waals surface area (Å²) in [6, 6.07) is 4.89. The lowest BCUT2D eigenvalue weighted by atomic mass is 9.99. The molecule has 1 fully saturated rings. The highest BCUT2D eigenvalue weighted by atomic mass is 35.5. The SMILES string of the molecule is COC(=O)C1CN(C(=O)c2ccc(Cl)cc2OC)CC1C. The van der Waals surface area contributed by atoms with Crippen LogP contribution in [0.15, 0.2) is 18.2 Å². The Hall–Kier alpha value is -1.75. The third-order valence-electron chi connectivity index (χ3n) is 3.80. The third kappa shape index (κ3) is 3.13. The van der Waals surface area contributed by atoms with Gasteiger partial charge in [0.25, 0.3) is 5.91 Å². The fourth-order valence-corrected chi connectivity index (χ4v) is 2.76. The molecule has 0 bridgehead atoms. The molecule has 2 atom stereocenters. The quantitative estimate of drug-likeness (QED) is 0.803. The normalized spacial score (nSPS) is 21.2. The maximum Gasteiger partial charge on any atom is 0.310 e. The standard InChI is InChI=1S/C15H18ClNO4/c1-9-7-17(8-12(9)15(19)21-3)14(18)11-5-4-10(16)6-13(11)20-2/h4-6,9,12H,7-8H2,1-3H3. The van der Waals surface area contributed by atoms with Crippen molar-refractivity contribution in [3.05, 3.63) is 28.8 Å². The fourth-order valence-electron chi connectivity index (χ4n) is 2.60. The van der Waals surface area contributed by atoms with Gasteiger partial charge in [0.2, 0.25) is 0 Å². The molecule has 0 aliphatic carbocycles. The number of likely N-dealkylation sites (tertiary alicyclic amines) is 1. The van der Waals surface area contributed by atoms with Gasteiger partial charge in [-0.05, 0) is 24.1 Å². The molecule has 1 aromatic rings. The van der Waals surface area contributed by atoms with Gasteiger partial charge in [0.05, 0.1) is 25.7 Å². The zero-order chi connectivity index (χ0) is 15.6. The summed E-state index contributed by atoms with van der Waals surface area (Å²) >= 11 is 5.90. The van der Waals surface area contributed by atoms with E-state index in [1.165, 1.54) is 14.2 Å². The summed E-state index contributed by atoms with van der Waals surface area (Å²) < 4.78 is 9.99. The van der Waals surface area contributed by atoms with Crippen LogP contribution in [-0.4, -0.2) is 44.1 Å². The molecule has 0 aromatic heterocycles. The largest absolute Gasteiger partial charge is 0.496 e. The van der Waals surface area contributed by atoms with Gasteiger partial charge in [-0.2, -0.15) is 0 Å². The minimum atomic E-state index is -0.280. The van der Waals surface area contributed by atoms with Gasteiger partial charge in [-0.3, -0.25) is 9.59 Å². The number of benzene rings is 1. The second-order valence-electron chi connectivity index (χ2n) is 5.16. The number of amides is 1.